The number of likely N-dealkylation sites (N-methyl/N-ethyl adjacent to an activating group) is 1. The first-order valence-electron chi connectivity index (χ1n) is 11.8. The minimum Gasteiger partial charge on any atom is -0.355 e. The van der Waals surface area contributed by atoms with Gasteiger partial charge in [-0.3, -0.25) is 9.59 Å². The molecular weight excluding hydrogens is 412 g/mol. The molecule has 1 heterocycles. The van der Waals surface area contributed by atoms with Crippen molar-refractivity contribution in [1.82, 2.24) is 20.9 Å². The van der Waals surface area contributed by atoms with Crippen LogP contribution in [-0.2, 0) is 9.59 Å². The highest BCUT2D eigenvalue weighted by molar-refractivity contribution is 6.00. The first-order chi connectivity index (χ1) is 15.9. The van der Waals surface area contributed by atoms with Gasteiger partial charge >= 0.3 is 0 Å². The second-order valence-electron chi connectivity index (χ2n) is 8.22. The molecule has 1 aliphatic rings. The Morgan fingerprint density at radius 1 is 1.09 bits per heavy atom. The van der Waals surface area contributed by atoms with Crippen molar-refractivity contribution in [3.05, 3.63) is 71.4 Å². The second kappa shape index (κ2) is 16.0. The molecule has 0 spiro atoms. The predicted molar refractivity (Wildman–Crippen MR) is 139 cm³/mol. The zero-order valence-corrected chi connectivity index (χ0v) is 20.9. The van der Waals surface area contributed by atoms with Crippen LogP contribution in [0.3, 0.4) is 0 Å². The number of rotatable bonds is 13. The Bertz CT molecular complexity index is 812. The molecule has 0 radical (unpaired) electrons. The van der Waals surface area contributed by atoms with Crippen LogP contribution in [0, 0.1) is 0 Å². The third-order valence-corrected chi connectivity index (χ3v) is 5.76. The molecule has 1 saturated heterocycles. The minimum absolute atomic E-state index is 0.173. The van der Waals surface area contributed by atoms with Crippen LogP contribution in [0.2, 0.25) is 0 Å². The molecule has 0 saturated carbocycles. The quantitative estimate of drug-likeness (QED) is 0.226. The van der Waals surface area contributed by atoms with E-state index < -0.39 is 0 Å². The number of hydrogen-bond donors (Lipinski definition) is 3. The molecule has 182 valence electrons. The highest BCUT2D eigenvalue weighted by atomic mass is 16.2. The monoisotopic (exact) mass is 454 g/mol. The molecule has 0 bridgehead atoms. The summed E-state index contributed by atoms with van der Waals surface area (Å²) in [5, 5.41) is 9.01. The fourth-order valence-electron chi connectivity index (χ4n) is 3.52. The third kappa shape index (κ3) is 10.6. The maximum absolute atomic E-state index is 13.1. The van der Waals surface area contributed by atoms with Crippen LogP contribution in [0.5, 0.6) is 0 Å². The Morgan fingerprint density at radius 2 is 1.79 bits per heavy atom. The van der Waals surface area contributed by atoms with Gasteiger partial charge in [0, 0.05) is 50.9 Å². The van der Waals surface area contributed by atoms with Gasteiger partial charge in [0.25, 0.3) is 5.91 Å². The molecule has 1 aliphatic heterocycles. The molecule has 0 aromatic rings. The Kier molecular flexibility index (Phi) is 13.7. The molecule has 1 fully saturated rings. The fraction of sp³-hybridized carbons (Fsp3) is 0.481. The van der Waals surface area contributed by atoms with Crippen LogP contribution in [0.25, 0.3) is 0 Å². The summed E-state index contributed by atoms with van der Waals surface area (Å²) in [5.74, 6) is -0.378. The lowest BCUT2D eigenvalue weighted by atomic mass is 9.95. The largest absolute Gasteiger partial charge is 0.355 e. The average molecular weight is 455 g/mol. The summed E-state index contributed by atoms with van der Waals surface area (Å²) >= 11 is 0. The summed E-state index contributed by atoms with van der Waals surface area (Å²) in [6, 6.07) is 0. The van der Waals surface area contributed by atoms with Crippen molar-refractivity contribution < 1.29 is 9.59 Å². The van der Waals surface area contributed by atoms with Gasteiger partial charge in [0.05, 0.1) is 0 Å². The Balaban J connectivity index is 3.09. The molecule has 6 nitrogen and oxygen atoms in total. The smallest absolute Gasteiger partial charge is 0.251 e. The van der Waals surface area contributed by atoms with Gasteiger partial charge in [-0.1, -0.05) is 43.9 Å². The predicted octanol–water partition coefficient (Wildman–Crippen LogP) is 3.43. The van der Waals surface area contributed by atoms with E-state index in [4.69, 9.17) is 0 Å². The van der Waals surface area contributed by atoms with Gasteiger partial charge in [-0.15, -0.1) is 0 Å². The van der Waals surface area contributed by atoms with E-state index >= 15 is 0 Å². The number of amides is 2. The minimum atomic E-state index is -0.205. The number of carbonyl (C=O) groups excluding carboxylic acids is 2. The van der Waals surface area contributed by atoms with Crippen LogP contribution in [-0.4, -0.2) is 63.0 Å². The third-order valence-electron chi connectivity index (χ3n) is 5.76. The van der Waals surface area contributed by atoms with Crippen molar-refractivity contribution in [2.24, 2.45) is 0 Å². The van der Waals surface area contributed by atoms with Crippen molar-refractivity contribution in [1.29, 1.82) is 0 Å². The van der Waals surface area contributed by atoms with E-state index in [0.29, 0.717) is 24.1 Å². The first kappa shape index (κ1) is 28.3. The van der Waals surface area contributed by atoms with Crippen LogP contribution < -0.4 is 16.0 Å². The summed E-state index contributed by atoms with van der Waals surface area (Å²) in [5.41, 5.74) is 4.20. The number of nitrogens with one attached hydrogen (secondary N) is 3. The number of allylic oxidation sites excluding steroid dienone is 7. The molecule has 0 unspecified atom stereocenters. The Labute approximate surface area is 200 Å². The van der Waals surface area contributed by atoms with E-state index in [1.165, 1.54) is 5.57 Å². The van der Waals surface area contributed by atoms with Gasteiger partial charge in [0.1, 0.15) is 0 Å². The average Bonchev–Trinajstić information content (AvgIpc) is 2.84. The maximum Gasteiger partial charge on any atom is 0.251 e. The summed E-state index contributed by atoms with van der Waals surface area (Å²) < 4.78 is 0. The zero-order valence-electron chi connectivity index (χ0n) is 20.9. The van der Waals surface area contributed by atoms with Crippen molar-refractivity contribution >= 4 is 11.8 Å². The number of nitrogens with zero attached hydrogens (tertiary/aromatic N) is 1. The fourth-order valence-corrected chi connectivity index (χ4v) is 3.52. The van der Waals surface area contributed by atoms with E-state index in [0.717, 1.165) is 56.7 Å². The van der Waals surface area contributed by atoms with E-state index in [1.807, 2.05) is 12.2 Å². The summed E-state index contributed by atoms with van der Waals surface area (Å²) in [6.07, 6.45) is 11.4. The highest BCUT2D eigenvalue weighted by Gasteiger charge is 2.13. The van der Waals surface area contributed by atoms with Gasteiger partial charge in [-0.25, -0.2) is 0 Å². The van der Waals surface area contributed by atoms with Crippen molar-refractivity contribution in [3.63, 3.8) is 0 Å². The summed E-state index contributed by atoms with van der Waals surface area (Å²) in [7, 11) is 1.59. The van der Waals surface area contributed by atoms with Crippen LogP contribution >= 0.6 is 0 Å². The van der Waals surface area contributed by atoms with Gasteiger partial charge in [0.15, 0.2) is 0 Å². The molecule has 2 amide bonds. The van der Waals surface area contributed by atoms with Crippen LogP contribution in [0.15, 0.2) is 71.4 Å². The Hall–Kier alpha value is -2.70. The molecule has 0 aromatic heterocycles. The van der Waals surface area contributed by atoms with E-state index in [1.54, 1.807) is 32.2 Å². The normalized spacial score (nSPS) is 16.7. The number of carbonyl (C=O) groups is 2. The van der Waals surface area contributed by atoms with Crippen molar-refractivity contribution in [2.45, 2.75) is 40.0 Å². The Morgan fingerprint density at radius 3 is 2.36 bits per heavy atom. The lowest BCUT2D eigenvalue weighted by molar-refractivity contribution is -0.117. The standard InChI is InChI=1S/C27H42N4O2/c1-7-11-23(9-3)19-24(21(4)8-2)20-25(18-22(5)26(32)28-6)27(33)30-12-10-15-31-16-13-29-14-17-31/h7,9,11,18,20,29H,1,3,8,10,12-17,19H2,2,4-6H3,(H,28,32)(H,30,33)/b22-18+,23-11+,24-21+,25-20+. The lowest BCUT2D eigenvalue weighted by Gasteiger charge is -2.27. The number of piperazine rings is 1. The molecule has 0 aromatic carbocycles. The highest BCUT2D eigenvalue weighted by Crippen LogP contribution is 2.22. The first-order valence-corrected chi connectivity index (χ1v) is 11.8. The zero-order chi connectivity index (χ0) is 24.6. The van der Waals surface area contributed by atoms with Gasteiger partial charge in [-0.05, 0) is 63.0 Å². The van der Waals surface area contributed by atoms with E-state index in [9.17, 15) is 9.59 Å². The van der Waals surface area contributed by atoms with Crippen molar-refractivity contribution in [3.8, 4) is 0 Å². The van der Waals surface area contributed by atoms with Crippen LogP contribution in [0.4, 0.5) is 0 Å². The molecule has 0 aliphatic carbocycles. The summed E-state index contributed by atoms with van der Waals surface area (Å²) in [4.78, 5) is 27.6. The van der Waals surface area contributed by atoms with Gasteiger partial charge in [-0.2, -0.15) is 0 Å². The molecule has 0 atom stereocenters. The molecule has 1 rings (SSSR count). The summed E-state index contributed by atoms with van der Waals surface area (Å²) in [6.45, 7) is 19.2. The van der Waals surface area contributed by atoms with Gasteiger partial charge in [0.2, 0.25) is 5.91 Å². The molecule has 3 N–H and O–H groups in total. The maximum atomic E-state index is 13.1. The number of hydrogen-bond acceptors (Lipinski definition) is 4. The SMILES string of the molecule is C=C/C=C(\C=C)CC(/C=C(\C=C(/C)C(=O)NC)C(=O)NCCCN1CCNCC1)=C(/C)CC. The topological polar surface area (TPSA) is 73.5 Å². The van der Waals surface area contributed by atoms with Crippen molar-refractivity contribution in [2.75, 3.05) is 46.3 Å². The van der Waals surface area contributed by atoms with Crippen LogP contribution in [0.1, 0.15) is 40.0 Å². The lowest BCUT2D eigenvalue weighted by Crippen LogP contribution is -2.44. The molecule has 6 heteroatoms. The van der Waals surface area contributed by atoms with Gasteiger partial charge < -0.3 is 20.9 Å². The molecule has 33 heavy (non-hydrogen) atoms. The second-order valence-corrected chi connectivity index (χ2v) is 8.22. The molecular formula is C27H42N4O2. The van der Waals surface area contributed by atoms with E-state index in [-0.39, 0.29) is 11.8 Å². The van der Waals surface area contributed by atoms with E-state index in [2.05, 4.69) is 47.9 Å².